The minimum Gasteiger partial charge on any atom is -0.337 e. The Hall–Kier alpha value is -1.40. The number of hydrogen-bond acceptors (Lipinski definition) is 5. The SMILES string of the molecule is CCc1noc(Cn2ncc(Cl)c(Cl)c2=O)n1. The van der Waals surface area contributed by atoms with Crippen LogP contribution >= 0.6 is 23.2 Å². The van der Waals surface area contributed by atoms with Gasteiger partial charge < -0.3 is 4.52 Å². The molecule has 0 fully saturated rings. The largest absolute Gasteiger partial charge is 0.337 e. The lowest BCUT2D eigenvalue weighted by Crippen LogP contribution is -2.23. The molecule has 0 unspecified atom stereocenters. The highest BCUT2D eigenvalue weighted by atomic mass is 35.5. The van der Waals surface area contributed by atoms with Crippen molar-refractivity contribution in [1.29, 1.82) is 0 Å². The number of aryl methyl sites for hydroxylation is 1. The van der Waals surface area contributed by atoms with Crippen LogP contribution in [0.1, 0.15) is 18.6 Å². The molecule has 0 spiro atoms. The summed E-state index contributed by atoms with van der Waals surface area (Å²) in [6.07, 6.45) is 1.95. The van der Waals surface area contributed by atoms with E-state index in [9.17, 15) is 4.79 Å². The molecular weight excluding hydrogens is 267 g/mol. The fourth-order valence-corrected chi connectivity index (χ4v) is 1.45. The normalized spacial score (nSPS) is 10.8. The molecule has 0 radical (unpaired) electrons. The average Bonchev–Trinajstić information content (AvgIpc) is 2.78. The lowest BCUT2D eigenvalue weighted by Gasteiger charge is -2.01. The van der Waals surface area contributed by atoms with Gasteiger partial charge in [-0.05, 0) is 0 Å². The Morgan fingerprint density at radius 2 is 2.24 bits per heavy atom. The van der Waals surface area contributed by atoms with Gasteiger partial charge in [0.1, 0.15) is 11.6 Å². The summed E-state index contributed by atoms with van der Waals surface area (Å²) in [4.78, 5) is 15.7. The first-order chi connectivity index (χ1) is 8.11. The molecule has 90 valence electrons. The van der Waals surface area contributed by atoms with Gasteiger partial charge in [0.15, 0.2) is 5.82 Å². The lowest BCUT2D eigenvalue weighted by atomic mass is 10.5. The monoisotopic (exact) mass is 274 g/mol. The molecule has 0 atom stereocenters. The molecule has 2 heterocycles. The van der Waals surface area contributed by atoms with Crippen molar-refractivity contribution in [2.45, 2.75) is 19.9 Å². The highest BCUT2D eigenvalue weighted by Crippen LogP contribution is 2.14. The molecule has 2 aromatic heterocycles. The van der Waals surface area contributed by atoms with Gasteiger partial charge in [-0.25, -0.2) is 4.68 Å². The summed E-state index contributed by atoms with van der Waals surface area (Å²) < 4.78 is 6.06. The Kier molecular flexibility index (Phi) is 3.44. The Morgan fingerprint density at radius 1 is 1.47 bits per heavy atom. The zero-order valence-corrected chi connectivity index (χ0v) is 10.4. The fourth-order valence-electron chi connectivity index (χ4n) is 1.18. The van der Waals surface area contributed by atoms with Crippen molar-refractivity contribution in [2.24, 2.45) is 0 Å². The molecule has 2 aromatic rings. The van der Waals surface area contributed by atoms with Gasteiger partial charge >= 0.3 is 0 Å². The van der Waals surface area contributed by atoms with Crippen LogP contribution in [0.3, 0.4) is 0 Å². The van der Waals surface area contributed by atoms with E-state index in [0.717, 1.165) is 4.68 Å². The van der Waals surface area contributed by atoms with Gasteiger partial charge in [-0.1, -0.05) is 35.3 Å². The molecule has 2 rings (SSSR count). The molecule has 0 aliphatic rings. The van der Waals surface area contributed by atoms with E-state index < -0.39 is 5.56 Å². The maximum atomic E-state index is 11.7. The van der Waals surface area contributed by atoms with Gasteiger partial charge in [0.2, 0.25) is 5.89 Å². The molecule has 8 heteroatoms. The third-order valence-corrected chi connectivity index (χ3v) is 2.80. The van der Waals surface area contributed by atoms with Gasteiger partial charge in [-0.15, -0.1) is 0 Å². The number of aromatic nitrogens is 4. The minimum atomic E-state index is -0.490. The van der Waals surface area contributed by atoms with Gasteiger partial charge in [-0.3, -0.25) is 4.79 Å². The van der Waals surface area contributed by atoms with E-state index in [2.05, 4.69) is 15.2 Å². The van der Waals surface area contributed by atoms with E-state index in [-0.39, 0.29) is 16.6 Å². The Balaban J connectivity index is 2.30. The second-order valence-electron chi connectivity index (χ2n) is 3.23. The van der Waals surface area contributed by atoms with Crippen LogP contribution in [-0.4, -0.2) is 19.9 Å². The van der Waals surface area contributed by atoms with Gasteiger partial charge in [-0.2, -0.15) is 10.1 Å². The predicted molar refractivity (Wildman–Crippen MR) is 61.3 cm³/mol. The van der Waals surface area contributed by atoms with Crippen LogP contribution in [0.4, 0.5) is 0 Å². The van der Waals surface area contributed by atoms with Crippen LogP contribution in [0.25, 0.3) is 0 Å². The van der Waals surface area contributed by atoms with Crippen LogP contribution in [0.5, 0.6) is 0 Å². The number of rotatable bonds is 3. The summed E-state index contributed by atoms with van der Waals surface area (Å²) in [5.41, 5.74) is -0.490. The van der Waals surface area contributed by atoms with Gasteiger partial charge in [0.25, 0.3) is 5.56 Å². The summed E-state index contributed by atoms with van der Waals surface area (Å²) in [6, 6.07) is 0. The van der Waals surface area contributed by atoms with Crippen molar-refractivity contribution in [1.82, 2.24) is 19.9 Å². The molecular formula is C9H8Cl2N4O2. The molecule has 0 saturated carbocycles. The molecule has 0 aliphatic carbocycles. The fraction of sp³-hybridized carbons (Fsp3) is 0.333. The summed E-state index contributed by atoms with van der Waals surface area (Å²) in [5.74, 6) is 0.878. The Bertz CT molecular complexity index is 593. The zero-order valence-electron chi connectivity index (χ0n) is 8.85. The second kappa shape index (κ2) is 4.85. The maximum absolute atomic E-state index is 11.7. The number of halogens is 2. The summed E-state index contributed by atoms with van der Waals surface area (Å²) in [5, 5.41) is 7.59. The van der Waals surface area contributed by atoms with E-state index in [1.165, 1.54) is 6.20 Å². The molecule has 0 bridgehead atoms. The van der Waals surface area contributed by atoms with Crippen LogP contribution in [-0.2, 0) is 13.0 Å². The molecule has 6 nitrogen and oxygen atoms in total. The quantitative estimate of drug-likeness (QED) is 0.849. The summed E-state index contributed by atoms with van der Waals surface area (Å²) in [7, 11) is 0. The summed E-state index contributed by atoms with van der Waals surface area (Å²) >= 11 is 11.4. The van der Waals surface area contributed by atoms with E-state index in [0.29, 0.717) is 18.1 Å². The second-order valence-corrected chi connectivity index (χ2v) is 4.01. The first-order valence-corrected chi connectivity index (χ1v) is 5.60. The molecule has 0 amide bonds. The van der Waals surface area contributed by atoms with Crippen molar-refractivity contribution in [3.63, 3.8) is 0 Å². The van der Waals surface area contributed by atoms with E-state index in [4.69, 9.17) is 27.7 Å². The molecule has 0 aliphatic heterocycles. The van der Waals surface area contributed by atoms with Crippen LogP contribution in [0.2, 0.25) is 10.0 Å². The van der Waals surface area contributed by atoms with E-state index >= 15 is 0 Å². The summed E-state index contributed by atoms with van der Waals surface area (Å²) in [6.45, 7) is 1.97. The minimum absolute atomic E-state index is 0.0721. The molecule has 17 heavy (non-hydrogen) atoms. The van der Waals surface area contributed by atoms with Gasteiger partial charge in [0, 0.05) is 6.42 Å². The smallest absolute Gasteiger partial charge is 0.287 e. The Labute approximate surface area is 106 Å². The zero-order chi connectivity index (χ0) is 12.4. The first-order valence-electron chi connectivity index (χ1n) is 4.84. The van der Waals surface area contributed by atoms with Gasteiger partial charge in [0.05, 0.1) is 11.2 Å². The van der Waals surface area contributed by atoms with Crippen molar-refractivity contribution in [3.05, 3.63) is 38.3 Å². The van der Waals surface area contributed by atoms with Crippen LogP contribution in [0, 0.1) is 0 Å². The van der Waals surface area contributed by atoms with Crippen molar-refractivity contribution in [2.75, 3.05) is 0 Å². The standard InChI is InChI=1S/C9H8Cl2N4O2/c1-2-6-13-7(17-14-6)4-15-9(16)8(11)5(10)3-12-15/h3H,2,4H2,1H3. The van der Waals surface area contributed by atoms with Crippen molar-refractivity contribution in [3.8, 4) is 0 Å². The van der Waals surface area contributed by atoms with E-state index in [1.54, 1.807) is 0 Å². The average molecular weight is 275 g/mol. The maximum Gasteiger partial charge on any atom is 0.287 e. The highest BCUT2D eigenvalue weighted by molar-refractivity contribution is 6.41. The molecule has 0 saturated heterocycles. The van der Waals surface area contributed by atoms with Crippen LogP contribution < -0.4 is 5.56 Å². The van der Waals surface area contributed by atoms with Crippen molar-refractivity contribution < 1.29 is 4.52 Å². The van der Waals surface area contributed by atoms with E-state index in [1.807, 2.05) is 6.92 Å². The Morgan fingerprint density at radius 3 is 2.88 bits per heavy atom. The van der Waals surface area contributed by atoms with Crippen LogP contribution in [0.15, 0.2) is 15.5 Å². The number of hydrogen-bond donors (Lipinski definition) is 0. The highest BCUT2D eigenvalue weighted by Gasteiger charge is 2.11. The third kappa shape index (κ3) is 2.48. The molecule has 0 aromatic carbocycles. The predicted octanol–water partition coefficient (Wildman–Crippen LogP) is 1.54. The third-order valence-electron chi connectivity index (χ3n) is 2.05. The van der Waals surface area contributed by atoms with Crippen molar-refractivity contribution >= 4 is 23.2 Å². The topological polar surface area (TPSA) is 73.8 Å². The lowest BCUT2D eigenvalue weighted by molar-refractivity contribution is 0.359. The molecule has 0 N–H and O–H groups in total. The number of nitrogens with zero attached hydrogens (tertiary/aromatic N) is 4. The first kappa shape index (κ1) is 12.1.